The molecular formula is C18H20O3. The summed E-state index contributed by atoms with van der Waals surface area (Å²) in [5, 5.41) is 21.0. The molecule has 0 radical (unpaired) electrons. The van der Waals surface area contributed by atoms with Crippen molar-refractivity contribution >= 4 is 5.57 Å². The van der Waals surface area contributed by atoms with Gasteiger partial charge in [0.15, 0.2) is 11.5 Å². The lowest BCUT2D eigenvalue weighted by Gasteiger charge is -2.19. The molecule has 0 atom stereocenters. The van der Waals surface area contributed by atoms with E-state index in [0.29, 0.717) is 16.7 Å². The molecule has 0 aliphatic heterocycles. The van der Waals surface area contributed by atoms with E-state index in [-0.39, 0.29) is 23.4 Å². The molecule has 0 aliphatic carbocycles. The van der Waals surface area contributed by atoms with E-state index < -0.39 is 0 Å². The summed E-state index contributed by atoms with van der Waals surface area (Å²) in [7, 11) is 0. The van der Waals surface area contributed by atoms with Crippen LogP contribution in [-0.2, 0) is 0 Å². The molecule has 0 bridgehead atoms. The van der Waals surface area contributed by atoms with Crippen LogP contribution in [0.1, 0.15) is 27.7 Å². The summed E-state index contributed by atoms with van der Waals surface area (Å²) in [4.78, 5) is 0. The number of ether oxygens (including phenoxy) is 1. The van der Waals surface area contributed by atoms with Crippen LogP contribution in [0.3, 0.4) is 0 Å². The second-order valence-corrected chi connectivity index (χ2v) is 5.21. The van der Waals surface area contributed by atoms with Gasteiger partial charge in [-0.3, -0.25) is 0 Å². The molecular weight excluding hydrogens is 264 g/mol. The fourth-order valence-electron chi connectivity index (χ4n) is 2.17. The van der Waals surface area contributed by atoms with Crippen LogP contribution in [0.25, 0.3) is 16.7 Å². The first-order chi connectivity index (χ1) is 10.5. The average molecular weight is 285 g/mol. The Balaban J connectivity index is 2.78. The summed E-state index contributed by atoms with van der Waals surface area (Å²) in [6, 6.07) is 10.7. The minimum Gasteiger partial charge on any atom is -0.507 e. The Kier molecular flexibility index (Phi) is 3.82. The second kappa shape index (κ2) is 5.92. The molecule has 0 unspecified atom stereocenters. The topological polar surface area (TPSA) is 49.7 Å². The molecule has 2 aromatic carbocycles. The lowest BCUT2D eigenvalue weighted by molar-refractivity contribution is 0.232. The smallest absolute Gasteiger partial charge is 0.172 e. The second-order valence-electron chi connectivity index (χ2n) is 5.21. The first-order valence-corrected chi connectivity index (χ1v) is 6.82. The zero-order valence-electron chi connectivity index (χ0n) is 13.4. The van der Waals surface area contributed by atoms with Gasteiger partial charge in [-0.15, -0.1) is 0 Å². The van der Waals surface area contributed by atoms with E-state index in [1.54, 1.807) is 6.92 Å². The fraction of sp³-hybridized carbons (Fsp3) is 0.222. The Bertz CT molecular complexity index is 691. The monoisotopic (exact) mass is 285 g/mol. The summed E-state index contributed by atoms with van der Waals surface area (Å²) >= 11 is 0. The largest absolute Gasteiger partial charge is 0.507 e. The molecule has 3 nitrogen and oxygen atoms in total. The van der Waals surface area contributed by atoms with Crippen LogP contribution < -0.4 is 4.74 Å². The summed E-state index contributed by atoms with van der Waals surface area (Å²) in [6.07, 6.45) is -0.147. The Hall–Kier alpha value is -2.42. The van der Waals surface area contributed by atoms with Crippen molar-refractivity contribution in [2.75, 3.05) is 0 Å². The quantitative estimate of drug-likeness (QED) is 0.808. The molecule has 0 heterocycles. The molecule has 0 amide bonds. The van der Waals surface area contributed by atoms with Gasteiger partial charge < -0.3 is 14.9 Å². The number of allylic oxidation sites excluding steroid dienone is 1. The Morgan fingerprint density at radius 2 is 1.90 bits per heavy atom. The lowest BCUT2D eigenvalue weighted by Crippen LogP contribution is -2.07. The molecule has 0 spiro atoms. The van der Waals surface area contributed by atoms with Crippen molar-refractivity contribution < 1.29 is 16.3 Å². The van der Waals surface area contributed by atoms with Crippen LogP contribution in [-0.4, -0.2) is 16.3 Å². The van der Waals surface area contributed by atoms with Gasteiger partial charge in [-0.25, -0.2) is 0 Å². The third kappa shape index (κ3) is 3.02. The van der Waals surface area contributed by atoms with Crippen molar-refractivity contribution in [2.24, 2.45) is 0 Å². The molecule has 21 heavy (non-hydrogen) atoms. The maximum Gasteiger partial charge on any atom is 0.172 e. The number of rotatable bonds is 4. The van der Waals surface area contributed by atoms with Crippen LogP contribution >= 0.6 is 0 Å². The van der Waals surface area contributed by atoms with E-state index in [0.717, 1.165) is 12.1 Å². The van der Waals surface area contributed by atoms with Gasteiger partial charge in [0.05, 0.1) is 13.0 Å². The predicted molar refractivity (Wildman–Crippen MR) is 85.7 cm³/mol. The average Bonchev–Trinajstić information content (AvgIpc) is 2.50. The highest BCUT2D eigenvalue weighted by Crippen LogP contribution is 2.47. The van der Waals surface area contributed by atoms with Gasteiger partial charge in [0.1, 0.15) is 5.75 Å². The highest BCUT2D eigenvalue weighted by molar-refractivity contribution is 5.86. The molecule has 0 saturated heterocycles. The van der Waals surface area contributed by atoms with Crippen LogP contribution in [0.2, 0.25) is 0 Å². The van der Waals surface area contributed by atoms with Crippen LogP contribution in [0, 0.1) is 0 Å². The zero-order chi connectivity index (χ0) is 16.3. The maximum atomic E-state index is 10.6. The minimum atomic E-state index is -0.147. The number of hydrogen-bond acceptors (Lipinski definition) is 3. The van der Waals surface area contributed by atoms with Gasteiger partial charge in [0.25, 0.3) is 0 Å². The Morgan fingerprint density at radius 1 is 1.24 bits per heavy atom. The standard InChI is InChI=1S/C18H20O3/c1-11(2)14-10-15(19)18(21-12(3)4)16(17(14)20)13-8-6-5-7-9-13/h5-10,12,19-20H,1H2,2-4H3/i1D. The summed E-state index contributed by atoms with van der Waals surface area (Å²) in [5.74, 6) is 0.197. The molecule has 0 fully saturated rings. The number of phenolic OH excluding ortho intramolecular Hbond substituents is 2. The highest BCUT2D eigenvalue weighted by atomic mass is 16.5. The van der Waals surface area contributed by atoms with Crippen molar-refractivity contribution in [1.29, 1.82) is 0 Å². The third-order valence-electron chi connectivity index (χ3n) is 3.07. The van der Waals surface area contributed by atoms with E-state index in [1.807, 2.05) is 44.2 Å². The minimum absolute atomic E-state index is 0.000602. The van der Waals surface area contributed by atoms with Gasteiger partial charge in [-0.05, 0) is 38.0 Å². The van der Waals surface area contributed by atoms with E-state index in [4.69, 9.17) is 6.11 Å². The fourth-order valence-corrected chi connectivity index (χ4v) is 2.17. The van der Waals surface area contributed by atoms with Crippen molar-refractivity contribution in [1.82, 2.24) is 0 Å². The molecule has 0 aromatic heterocycles. The zero-order valence-corrected chi connectivity index (χ0v) is 12.4. The van der Waals surface area contributed by atoms with Crippen molar-refractivity contribution in [3.63, 3.8) is 0 Å². The van der Waals surface area contributed by atoms with Gasteiger partial charge in [0.2, 0.25) is 0 Å². The predicted octanol–water partition coefficient (Wildman–Crippen LogP) is 4.59. The Labute approximate surface area is 126 Å². The van der Waals surface area contributed by atoms with E-state index in [2.05, 4.69) is 0 Å². The third-order valence-corrected chi connectivity index (χ3v) is 3.07. The van der Waals surface area contributed by atoms with Crippen molar-refractivity contribution in [3.8, 4) is 28.4 Å². The SMILES string of the molecule is [2H]C=C(C)c1cc(O)c(OC(C)C)c(-c2ccccc2)c1O. The number of phenols is 2. The van der Waals surface area contributed by atoms with Crippen molar-refractivity contribution in [2.45, 2.75) is 26.9 Å². The number of aromatic hydroxyl groups is 2. The first-order valence-electron chi connectivity index (χ1n) is 7.40. The maximum absolute atomic E-state index is 10.6. The van der Waals surface area contributed by atoms with Gasteiger partial charge in [-0.1, -0.05) is 36.9 Å². The molecule has 2 N–H and O–H groups in total. The molecule has 2 rings (SSSR count). The first kappa shape index (κ1) is 13.6. The van der Waals surface area contributed by atoms with Crippen LogP contribution in [0.15, 0.2) is 43.0 Å². The van der Waals surface area contributed by atoms with Gasteiger partial charge >= 0.3 is 0 Å². The van der Waals surface area contributed by atoms with Gasteiger partial charge in [-0.2, -0.15) is 0 Å². The van der Waals surface area contributed by atoms with Crippen molar-refractivity contribution in [3.05, 3.63) is 48.5 Å². The summed E-state index contributed by atoms with van der Waals surface area (Å²) in [6.45, 7) is 6.56. The van der Waals surface area contributed by atoms with Gasteiger partial charge in [0, 0.05) is 5.56 Å². The van der Waals surface area contributed by atoms with E-state index in [9.17, 15) is 10.2 Å². The number of benzene rings is 2. The lowest BCUT2D eigenvalue weighted by atomic mass is 9.96. The van der Waals surface area contributed by atoms with Crippen LogP contribution in [0.4, 0.5) is 0 Å². The van der Waals surface area contributed by atoms with Crippen LogP contribution in [0.5, 0.6) is 17.2 Å². The summed E-state index contributed by atoms with van der Waals surface area (Å²) in [5.41, 5.74) is 2.15. The molecule has 2 aromatic rings. The van der Waals surface area contributed by atoms with E-state index in [1.165, 1.54) is 6.07 Å². The Morgan fingerprint density at radius 3 is 2.48 bits per heavy atom. The number of hydrogen-bond donors (Lipinski definition) is 2. The molecule has 0 saturated carbocycles. The molecule has 3 heteroatoms. The summed E-state index contributed by atoms with van der Waals surface area (Å²) < 4.78 is 13.1. The molecule has 0 aliphatic rings. The van der Waals surface area contributed by atoms with E-state index >= 15 is 0 Å². The normalized spacial score (nSPS) is 12.4. The molecule has 110 valence electrons. The highest BCUT2D eigenvalue weighted by Gasteiger charge is 2.21.